The van der Waals surface area contributed by atoms with Gasteiger partial charge in [0.15, 0.2) is 0 Å². The Bertz CT molecular complexity index is 183. The van der Waals surface area contributed by atoms with Gasteiger partial charge < -0.3 is 9.47 Å². The molecule has 0 rings (SSSR count). The van der Waals surface area contributed by atoms with Gasteiger partial charge in [-0.15, -0.1) is 0 Å². The van der Waals surface area contributed by atoms with Gasteiger partial charge in [0.1, 0.15) is 12.0 Å². The van der Waals surface area contributed by atoms with Crippen LogP contribution >= 0.6 is 0 Å². The first-order chi connectivity index (χ1) is 5.35. The number of carbonyl (C=O) groups is 2. The van der Waals surface area contributed by atoms with Gasteiger partial charge >= 0.3 is 41.5 Å². The van der Waals surface area contributed by atoms with Crippen LogP contribution in [0.1, 0.15) is 27.2 Å². The van der Waals surface area contributed by atoms with Gasteiger partial charge in [0.05, 0.1) is 7.11 Å². The van der Waals surface area contributed by atoms with Crippen LogP contribution in [0.25, 0.3) is 0 Å². The summed E-state index contributed by atoms with van der Waals surface area (Å²) in [6.07, 6.45) is -0.326. The van der Waals surface area contributed by atoms with Gasteiger partial charge in [-0.2, -0.15) is 0 Å². The molecular formula is C8H15NaO4. The third-order valence-corrected chi connectivity index (χ3v) is 0.936. The predicted octanol–water partition coefficient (Wildman–Crippen LogP) is 0.243. The molecule has 0 aliphatic carbocycles. The zero-order valence-electron chi connectivity index (χ0n) is 7.84. The number of ether oxygens (including phenoxy) is 2. The molecule has 0 aromatic heterocycles. The van der Waals surface area contributed by atoms with Crippen molar-refractivity contribution in [2.45, 2.75) is 32.8 Å². The summed E-state index contributed by atoms with van der Waals surface area (Å²) in [4.78, 5) is 21.5. The average Bonchev–Trinajstić information content (AvgIpc) is 1.82. The number of methoxy groups -OCH3 is 1. The molecule has 0 saturated carbocycles. The maximum atomic E-state index is 10.9. The normalized spacial score (nSPS) is 9.85. The summed E-state index contributed by atoms with van der Waals surface area (Å²) in [5.74, 6) is -1.14. The van der Waals surface area contributed by atoms with Crippen molar-refractivity contribution in [1.29, 1.82) is 0 Å². The minimum absolute atomic E-state index is 0. The average molecular weight is 198 g/mol. The Hall–Kier alpha value is -0.0600. The van der Waals surface area contributed by atoms with Crippen LogP contribution in [0.2, 0.25) is 0 Å². The first-order valence-corrected chi connectivity index (χ1v) is 3.64. The molecular weight excluding hydrogens is 183 g/mol. The summed E-state index contributed by atoms with van der Waals surface area (Å²) in [5.41, 5.74) is -0.550. The van der Waals surface area contributed by atoms with Gasteiger partial charge in [-0.25, -0.2) is 0 Å². The molecule has 4 nitrogen and oxygen atoms in total. The van der Waals surface area contributed by atoms with Crippen LogP contribution in [0.15, 0.2) is 0 Å². The summed E-state index contributed by atoms with van der Waals surface area (Å²) in [7, 11) is 1.23. The molecule has 0 aromatic rings. The molecule has 0 saturated heterocycles. The van der Waals surface area contributed by atoms with Crippen molar-refractivity contribution in [3.63, 3.8) is 0 Å². The van der Waals surface area contributed by atoms with Crippen LogP contribution in [0.5, 0.6) is 0 Å². The Kier molecular flexibility index (Phi) is 7.59. The first-order valence-electron chi connectivity index (χ1n) is 3.64. The van der Waals surface area contributed by atoms with E-state index in [-0.39, 0.29) is 36.0 Å². The Balaban J connectivity index is 0. The maximum absolute atomic E-state index is 10.9. The number of carbonyl (C=O) groups excluding carboxylic acids is 2. The number of hydrogen-bond donors (Lipinski definition) is 0. The van der Waals surface area contributed by atoms with E-state index in [2.05, 4.69) is 4.74 Å². The molecule has 0 aromatic carbocycles. The van der Waals surface area contributed by atoms with Crippen LogP contribution in [0, 0.1) is 0 Å². The van der Waals surface area contributed by atoms with E-state index in [1.165, 1.54) is 7.11 Å². The molecule has 0 amide bonds. The number of rotatable bonds is 2. The molecule has 0 atom stereocenters. The van der Waals surface area contributed by atoms with Crippen molar-refractivity contribution >= 4 is 41.5 Å². The van der Waals surface area contributed by atoms with Crippen molar-refractivity contribution in [2.75, 3.05) is 7.11 Å². The molecule has 0 aliphatic heterocycles. The van der Waals surface area contributed by atoms with Gasteiger partial charge in [0.2, 0.25) is 0 Å². The van der Waals surface area contributed by atoms with Gasteiger partial charge in [-0.3, -0.25) is 9.59 Å². The van der Waals surface area contributed by atoms with Crippen molar-refractivity contribution in [1.82, 2.24) is 0 Å². The molecule has 0 N–H and O–H groups in total. The van der Waals surface area contributed by atoms with E-state index in [1.807, 2.05) is 0 Å². The van der Waals surface area contributed by atoms with Crippen molar-refractivity contribution in [2.24, 2.45) is 0 Å². The predicted molar refractivity (Wildman–Crippen MR) is 49.6 cm³/mol. The molecule has 13 heavy (non-hydrogen) atoms. The topological polar surface area (TPSA) is 52.6 Å². The first kappa shape index (κ1) is 15.4. The Labute approximate surface area is 100 Å². The second-order valence-electron chi connectivity index (χ2n) is 3.34. The zero-order chi connectivity index (χ0) is 9.78. The standard InChI is InChI=1S/C8H14O4.Na.H/c1-8(2,3)12-7(10)5-6(9)11-4;;/h5H2,1-4H3;;. The molecule has 0 fully saturated rings. The van der Waals surface area contributed by atoms with Crippen molar-refractivity contribution < 1.29 is 19.1 Å². The fourth-order valence-corrected chi connectivity index (χ4v) is 0.568. The summed E-state index contributed by atoms with van der Waals surface area (Å²) >= 11 is 0. The molecule has 5 heteroatoms. The van der Waals surface area contributed by atoms with E-state index in [9.17, 15) is 9.59 Å². The van der Waals surface area contributed by atoms with Crippen molar-refractivity contribution in [3.8, 4) is 0 Å². The fraction of sp³-hybridized carbons (Fsp3) is 0.750. The van der Waals surface area contributed by atoms with Crippen LogP contribution in [0.4, 0.5) is 0 Å². The van der Waals surface area contributed by atoms with Crippen LogP contribution in [-0.4, -0.2) is 54.2 Å². The van der Waals surface area contributed by atoms with E-state index in [0.717, 1.165) is 0 Å². The fourth-order valence-electron chi connectivity index (χ4n) is 0.568. The summed E-state index contributed by atoms with van der Waals surface area (Å²) in [5, 5.41) is 0. The van der Waals surface area contributed by atoms with E-state index in [1.54, 1.807) is 20.8 Å². The number of hydrogen-bond acceptors (Lipinski definition) is 4. The molecule has 0 unspecified atom stereocenters. The molecule has 0 aliphatic rings. The van der Waals surface area contributed by atoms with E-state index in [4.69, 9.17) is 4.74 Å². The third-order valence-electron chi connectivity index (χ3n) is 0.936. The quantitative estimate of drug-likeness (QED) is 0.362. The Morgan fingerprint density at radius 3 is 1.92 bits per heavy atom. The molecule has 0 bridgehead atoms. The van der Waals surface area contributed by atoms with E-state index < -0.39 is 17.5 Å². The minimum atomic E-state index is -0.579. The van der Waals surface area contributed by atoms with E-state index in [0.29, 0.717) is 0 Å². The summed E-state index contributed by atoms with van der Waals surface area (Å²) < 4.78 is 9.17. The zero-order valence-corrected chi connectivity index (χ0v) is 7.84. The molecule has 0 spiro atoms. The number of esters is 2. The summed E-state index contributed by atoms with van der Waals surface area (Å²) in [6.45, 7) is 5.21. The second kappa shape index (κ2) is 6.40. The molecule has 0 heterocycles. The van der Waals surface area contributed by atoms with Crippen LogP contribution in [-0.2, 0) is 19.1 Å². The summed E-state index contributed by atoms with van der Waals surface area (Å²) in [6, 6.07) is 0. The third kappa shape index (κ3) is 9.86. The van der Waals surface area contributed by atoms with Gasteiger partial charge in [0.25, 0.3) is 0 Å². The Morgan fingerprint density at radius 2 is 1.62 bits per heavy atom. The molecule has 0 radical (unpaired) electrons. The SMILES string of the molecule is COC(=O)CC(=O)OC(C)(C)C.[NaH]. The van der Waals surface area contributed by atoms with Crippen molar-refractivity contribution in [3.05, 3.63) is 0 Å². The van der Waals surface area contributed by atoms with Gasteiger partial charge in [-0.05, 0) is 20.8 Å². The van der Waals surface area contributed by atoms with Gasteiger partial charge in [-0.1, -0.05) is 0 Å². The monoisotopic (exact) mass is 198 g/mol. The van der Waals surface area contributed by atoms with Crippen LogP contribution < -0.4 is 0 Å². The van der Waals surface area contributed by atoms with Crippen LogP contribution in [0.3, 0.4) is 0 Å². The van der Waals surface area contributed by atoms with E-state index >= 15 is 0 Å². The molecule has 72 valence electrons. The van der Waals surface area contributed by atoms with Gasteiger partial charge in [0, 0.05) is 0 Å². The second-order valence-corrected chi connectivity index (χ2v) is 3.34. The Morgan fingerprint density at radius 1 is 1.15 bits per heavy atom.